The van der Waals surface area contributed by atoms with Crippen molar-refractivity contribution in [3.63, 3.8) is 0 Å². The molecule has 0 spiro atoms. The molecule has 0 radical (unpaired) electrons. The summed E-state index contributed by atoms with van der Waals surface area (Å²) in [4.78, 5) is 15.3. The van der Waals surface area contributed by atoms with Crippen molar-refractivity contribution in [3.8, 4) is 0 Å². The van der Waals surface area contributed by atoms with Crippen LogP contribution in [0.5, 0.6) is 0 Å². The summed E-state index contributed by atoms with van der Waals surface area (Å²) in [6, 6.07) is 0. The second-order valence-corrected chi connectivity index (χ2v) is 4.47. The summed E-state index contributed by atoms with van der Waals surface area (Å²) in [5, 5.41) is 0. The fourth-order valence-corrected chi connectivity index (χ4v) is 0. The number of hydrogen-bond acceptors (Lipinski definition) is 1. The van der Waals surface area contributed by atoms with Crippen LogP contribution in [-0.2, 0) is 4.57 Å². The molecule has 0 heterocycles. The molecule has 0 bridgehead atoms. The van der Waals surface area contributed by atoms with Gasteiger partial charge in [-0.15, -0.1) is 0 Å². The van der Waals surface area contributed by atoms with Crippen LogP contribution in [0.1, 0.15) is 0 Å². The van der Waals surface area contributed by atoms with E-state index in [1.165, 1.54) is 0 Å². The van der Waals surface area contributed by atoms with Gasteiger partial charge in [-0.25, -0.2) is 4.57 Å². The van der Waals surface area contributed by atoms with E-state index in [9.17, 15) is 4.57 Å². The van der Waals surface area contributed by atoms with Crippen molar-refractivity contribution in [2.24, 2.45) is 0 Å². The second kappa shape index (κ2) is 1.36. The Morgan fingerprint density at radius 2 is 1.60 bits per heavy atom. The van der Waals surface area contributed by atoms with Gasteiger partial charge in [-0.05, 0) is 0 Å². The molecule has 32 valence electrons. The van der Waals surface area contributed by atoms with Gasteiger partial charge in [0, 0.05) is 0 Å². The molecule has 0 aromatic rings. The first-order valence-corrected chi connectivity index (χ1v) is 4.59. The molecule has 5 heteroatoms. The van der Waals surface area contributed by atoms with Crippen LogP contribution >= 0.6 is 16.2 Å². The molecule has 0 saturated heterocycles. The Balaban J connectivity index is 3.47. The highest BCUT2D eigenvalue weighted by atomic mass is 32.1. The Morgan fingerprint density at radius 1 is 1.60 bits per heavy atom. The summed E-state index contributed by atoms with van der Waals surface area (Å²) in [5.41, 5.74) is 0. The molecule has 0 aliphatic carbocycles. The lowest BCUT2D eigenvalue weighted by Crippen LogP contribution is -1.53. The van der Waals surface area contributed by atoms with Crippen LogP contribution in [0.25, 0.3) is 0 Å². The van der Waals surface area contributed by atoms with E-state index in [1.54, 1.807) is 0 Å². The van der Waals surface area contributed by atoms with E-state index in [1.807, 2.05) is 0 Å². The Morgan fingerprint density at radius 3 is 1.60 bits per heavy atom. The van der Waals surface area contributed by atoms with E-state index in [4.69, 9.17) is 9.79 Å². The second-order valence-electron chi connectivity index (χ2n) is 0.665. The maximum absolute atomic E-state index is 9.34. The van der Waals surface area contributed by atoms with Gasteiger partial charge in [0.2, 0.25) is 0 Å². The highest BCUT2D eigenvalue weighted by Gasteiger charge is 2.04. The van der Waals surface area contributed by atoms with E-state index in [0.29, 0.717) is 8.93 Å². The summed E-state index contributed by atoms with van der Waals surface area (Å²) in [5.74, 6) is 0. The summed E-state index contributed by atoms with van der Waals surface area (Å²) >= 11 is 0. The maximum atomic E-state index is 9.34. The van der Waals surface area contributed by atoms with Crippen molar-refractivity contribution in [2.75, 3.05) is 0 Å². The molecule has 0 fully saturated rings. The van der Waals surface area contributed by atoms with Crippen LogP contribution in [0, 0.1) is 0 Å². The largest absolute Gasteiger partial charge is 0.457 e. The lowest BCUT2D eigenvalue weighted by atomic mass is 15.8. The van der Waals surface area contributed by atoms with Crippen molar-refractivity contribution in [2.45, 2.75) is 0 Å². The van der Waals surface area contributed by atoms with E-state index in [2.05, 4.69) is 0 Å². The minimum atomic E-state index is -3.61. The first-order chi connectivity index (χ1) is 2.00. The van der Waals surface area contributed by atoms with Gasteiger partial charge in [-0.3, -0.25) is 9.79 Å². The smallest absolute Gasteiger partial charge is 0.295 e. The molecule has 0 aromatic heterocycles. The molecule has 2 N–H and O–H groups in total. The monoisotopic (exact) mass is 115 g/mol. The molecule has 0 rings (SSSR count). The highest BCUT2D eigenvalue weighted by molar-refractivity contribution is 8.11. The van der Waals surface area contributed by atoms with Gasteiger partial charge in [0.05, 0.1) is 8.93 Å². The van der Waals surface area contributed by atoms with Crippen molar-refractivity contribution >= 4 is 16.2 Å². The first-order valence-electron chi connectivity index (χ1n) is 0.899. The van der Waals surface area contributed by atoms with Crippen LogP contribution in [0.15, 0.2) is 0 Å². The quantitative estimate of drug-likeness (QED) is 0.425. The third-order valence-electron chi connectivity index (χ3n) is 0. The van der Waals surface area contributed by atoms with Crippen LogP contribution in [0.4, 0.5) is 0 Å². The molecular formula is H5O3P2+. The van der Waals surface area contributed by atoms with Gasteiger partial charge < -0.3 is 0 Å². The molecule has 0 aliphatic heterocycles. The lowest BCUT2D eigenvalue weighted by Gasteiger charge is -1.76. The van der Waals surface area contributed by atoms with Crippen molar-refractivity contribution in [1.29, 1.82) is 0 Å². The first kappa shape index (κ1) is 5.58. The van der Waals surface area contributed by atoms with E-state index < -0.39 is 7.28 Å². The zero-order valence-electron chi connectivity index (χ0n) is 2.46. The lowest BCUT2D eigenvalue weighted by molar-refractivity contribution is 0.397. The summed E-state index contributed by atoms with van der Waals surface area (Å²) in [6.07, 6.45) is 0. The predicted molar refractivity (Wildman–Crippen MR) is 23.1 cm³/mol. The van der Waals surface area contributed by atoms with Crippen LogP contribution in [0.3, 0.4) is 0 Å². The molecular weight excluding hydrogens is 110 g/mol. The van der Waals surface area contributed by atoms with E-state index in [-0.39, 0.29) is 0 Å². The Hall–Kier alpha value is 0.580. The van der Waals surface area contributed by atoms with Gasteiger partial charge in [-0.2, -0.15) is 0 Å². The van der Waals surface area contributed by atoms with Gasteiger partial charge in [0.25, 0.3) is 0 Å². The molecule has 1 atom stereocenters. The number of hydrogen-bond donors (Lipinski definition) is 2. The molecule has 0 amide bonds. The Bertz CT molecular complexity index is 51.0. The molecule has 5 heavy (non-hydrogen) atoms. The maximum Gasteiger partial charge on any atom is 0.457 e. The number of rotatable bonds is 0. The Labute approximate surface area is 31.7 Å². The van der Waals surface area contributed by atoms with Crippen molar-refractivity contribution in [3.05, 3.63) is 0 Å². The standard InChI is InChI=1S/H4O3P2/c1-5(2,3)4/h4H2,(H2,1,2,3)/p+1. The van der Waals surface area contributed by atoms with E-state index in [0.717, 1.165) is 0 Å². The van der Waals surface area contributed by atoms with E-state index >= 15 is 0 Å². The van der Waals surface area contributed by atoms with Crippen molar-refractivity contribution < 1.29 is 14.4 Å². The van der Waals surface area contributed by atoms with Gasteiger partial charge in [-0.1, -0.05) is 0 Å². The fourth-order valence-electron chi connectivity index (χ4n) is 0. The topological polar surface area (TPSA) is 57.5 Å². The van der Waals surface area contributed by atoms with Crippen molar-refractivity contribution in [1.82, 2.24) is 0 Å². The third kappa shape index (κ3) is 90.6. The zero-order valence-corrected chi connectivity index (χ0v) is 4.77. The predicted octanol–water partition coefficient (Wildman–Crippen LogP) is -0.314. The molecule has 0 aliphatic rings. The average molecular weight is 115 g/mol. The molecule has 3 nitrogen and oxygen atoms in total. The normalized spacial score (nSPS) is 12.4. The minimum Gasteiger partial charge on any atom is -0.295 e. The SMILES string of the molecule is O=P(O)(O)[PH3+]. The minimum absolute atomic E-state index is 0.678. The van der Waals surface area contributed by atoms with Crippen LogP contribution in [-0.4, -0.2) is 9.79 Å². The average Bonchev–Trinajstić information content (AvgIpc) is 0.722. The highest BCUT2D eigenvalue weighted by Crippen LogP contribution is 2.43. The Kier molecular flexibility index (Phi) is 1.51. The molecule has 0 saturated carbocycles. The summed E-state index contributed by atoms with van der Waals surface area (Å²) in [6.45, 7) is 0. The molecule has 1 unspecified atom stereocenters. The fraction of sp³-hybridized carbons (Fsp3) is 0. The third-order valence-corrected chi connectivity index (χ3v) is 0. The summed E-state index contributed by atoms with van der Waals surface area (Å²) < 4.78 is 9.34. The van der Waals surface area contributed by atoms with Gasteiger partial charge in [0.15, 0.2) is 0 Å². The van der Waals surface area contributed by atoms with Crippen LogP contribution in [0.2, 0.25) is 0 Å². The summed E-state index contributed by atoms with van der Waals surface area (Å²) in [7, 11) is -2.93. The molecule has 0 aromatic carbocycles. The van der Waals surface area contributed by atoms with Crippen LogP contribution < -0.4 is 0 Å². The van der Waals surface area contributed by atoms with Gasteiger partial charge in [0.1, 0.15) is 0 Å². The van der Waals surface area contributed by atoms with Gasteiger partial charge >= 0.3 is 7.28 Å². The zero-order chi connectivity index (χ0) is 4.50.